The number of hydrogen-bond donors (Lipinski definition) is 0. The number of nitriles is 1. The molecule has 8 heteroatoms. The number of piperazine rings is 1. The molecule has 0 atom stereocenters. The van der Waals surface area contributed by atoms with Gasteiger partial charge in [0.15, 0.2) is 0 Å². The van der Waals surface area contributed by atoms with Gasteiger partial charge in [-0.25, -0.2) is 4.79 Å². The fourth-order valence-electron chi connectivity index (χ4n) is 2.74. The smallest absolute Gasteiger partial charge is 0.444 e. The average molecular weight is 421 g/mol. The van der Waals surface area contributed by atoms with Crippen LogP contribution in [0.3, 0.4) is 0 Å². The molecular weight excluding hydrogens is 381 g/mol. The summed E-state index contributed by atoms with van der Waals surface area (Å²) >= 11 is 0. The quantitative estimate of drug-likeness (QED) is 0.684. The summed E-state index contributed by atoms with van der Waals surface area (Å²) in [5, 5.41) is 9.70. The molecular formula is C22H32BN3O4. The minimum atomic E-state index is -3.41. The maximum atomic E-state index is 12.9. The highest BCUT2D eigenvalue weighted by atomic mass is 16.7. The van der Waals surface area contributed by atoms with Gasteiger partial charge in [-0.2, -0.15) is 5.26 Å². The predicted octanol–water partition coefficient (Wildman–Crippen LogP) is 2.91. The van der Waals surface area contributed by atoms with Crippen LogP contribution < -0.4 is 10.4 Å². The van der Waals surface area contributed by atoms with Crippen molar-refractivity contribution in [2.24, 2.45) is 0 Å². The van der Waals surface area contributed by atoms with Crippen LogP contribution in [-0.4, -0.2) is 60.9 Å². The van der Waals surface area contributed by atoms with Crippen molar-refractivity contribution in [3.63, 3.8) is 0 Å². The van der Waals surface area contributed by atoms with Gasteiger partial charge in [0.05, 0.1) is 33.8 Å². The third kappa shape index (κ3) is 4.58. The van der Waals surface area contributed by atoms with Crippen molar-refractivity contribution in [3.8, 4) is 6.07 Å². The summed E-state index contributed by atoms with van der Waals surface area (Å²) in [6, 6.07) is 5.66. The zero-order chi connectivity index (χ0) is 29.5. The standard InChI is InChI=1S/C22H32BN3O4/c1-20(2,3)28-19(27)26-12-10-25(11-13-26)17-9-8-16(15-24)18(14-17)23-29-21(4,5)22(6,7)30-23/h8-9,14H,10-13H2,1-7H3/i10D2,11D2,12D2,13D2. The normalized spacial score (nSPS) is 31.5. The highest BCUT2D eigenvalue weighted by Gasteiger charge is 2.52. The largest absolute Gasteiger partial charge is 0.496 e. The number of benzene rings is 1. The zero-order valence-electron chi connectivity index (χ0n) is 26.3. The van der Waals surface area contributed by atoms with Crippen LogP contribution in [0.25, 0.3) is 0 Å². The second-order valence-corrected chi connectivity index (χ2v) is 9.07. The van der Waals surface area contributed by atoms with Gasteiger partial charge < -0.3 is 23.8 Å². The Morgan fingerprint density at radius 1 is 1.17 bits per heavy atom. The van der Waals surface area contributed by atoms with Gasteiger partial charge in [-0.05, 0) is 66.7 Å². The second-order valence-electron chi connectivity index (χ2n) is 9.07. The molecule has 2 aliphatic rings. The summed E-state index contributed by atoms with van der Waals surface area (Å²) in [7, 11) is -1.09. The molecule has 3 rings (SSSR count). The monoisotopic (exact) mass is 421 g/mol. The Kier molecular flexibility index (Phi) is 3.62. The summed E-state index contributed by atoms with van der Waals surface area (Å²) < 4.78 is 85.8. The number of anilines is 1. The van der Waals surface area contributed by atoms with Crippen LogP contribution in [0, 0.1) is 11.3 Å². The van der Waals surface area contributed by atoms with Crippen LogP contribution in [0.2, 0.25) is 0 Å². The van der Waals surface area contributed by atoms with Gasteiger partial charge in [-0.1, -0.05) is 0 Å². The Bertz CT molecular complexity index is 1140. The molecule has 0 N–H and O–H groups in total. The van der Waals surface area contributed by atoms with Crippen molar-refractivity contribution in [2.75, 3.05) is 30.9 Å². The highest BCUT2D eigenvalue weighted by Crippen LogP contribution is 2.37. The summed E-state index contributed by atoms with van der Waals surface area (Å²) in [4.78, 5) is 13.0. The van der Waals surface area contributed by atoms with Crippen molar-refractivity contribution in [1.29, 1.82) is 5.26 Å². The number of amides is 1. The van der Waals surface area contributed by atoms with Crippen LogP contribution in [0.1, 0.15) is 65.0 Å². The summed E-state index contributed by atoms with van der Waals surface area (Å²) in [5.41, 5.74) is -2.85. The van der Waals surface area contributed by atoms with E-state index in [1.807, 2.05) is 6.07 Å². The SMILES string of the molecule is [2H]C1([2H])N(C(=O)OC(C)(C)C)C([2H])([2H])C([2H])([2H])N(c2ccc(C#N)c(B3OC(C)(C)C(C)(C)O3)c2)C1([2H])[2H]. The van der Waals surface area contributed by atoms with E-state index in [9.17, 15) is 10.1 Å². The van der Waals surface area contributed by atoms with E-state index in [0.29, 0.717) is 4.90 Å². The number of ether oxygens (including phenoxy) is 1. The average Bonchev–Trinajstić information content (AvgIpc) is 2.91. The Morgan fingerprint density at radius 3 is 2.23 bits per heavy atom. The number of nitrogens with zero attached hydrogens (tertiary/aromatic N) is 3. The Hall–Kier alpha value is -2.24. The lowest BCUT2D eigenvalue weighted by Crippen LogP contribution is -2.50. The van der Waals surface area contributed by atoms with Crippen molar-refractivity contribution < 1.29 is 29.8 Å². The van der Waals surface area contributed by atoms with Crippen molar-refractivity contribution >= 4 is 24.4 Å². The maximum absolute atomic E-state index is 12.9. The molecule has 7 nitrogen and oxygen atoms in total. The fourth-order valence-corrected chi connectivity index (χ4v) is 2.74. The molecule has 0 unspecified atom stereocenters. The molecule has 2 heterocycles. The Morgan fingerprint density at radius 2 is 1.73 bits per heavy atom. The first-order valence-corrected chi connectivity index (χ1v) is 9.58. The van der Waals surface area contributed by atoms with E-state index in [-0.39, 0.29) is 21.6 Å². The van der Waals surface area contributed by atoms with Crippen LogP contribution in [0.5, 0.6) is 0 Å². The van der Waals surface area contributed by atoms with Crippen LogP contribution in [0.4, 0.5) is 10.5 Å². The highest BCUT2D eigenvalue weighted by molar-refractivity contribution is 6.63. The first kappa shape index (κ1) is 13.9. The molecule has 0 saturated carbocycles. The van der Waals surface area contributed by atoms with Gasteiger partial charge in [0.25, 0.3) is 0 Å². The molecule has 1 aromatic carbocycles. The Balaban J connectivity index is 2.19. The van der Waals surface area contributed by atoms with Gasteiger partial charge in [-0.3, -0.25) is 0 Å². The van der Waals surface area contributed by atoms with Crippen molar-refractivity contribution in [3.05, 3.63) is 23.8 Å². The van der Waals surface area contributed by atoms with E-state index >= 15 is 0 Å². The van der Waals surface area contributed by atoms with Crippen LogP contribution in [0.15, 0.2) is 18.2 Å². The number of carbonyl (C=O) groups excluding carboxylic acids is 1. The van der Waals surface area contributed by atoms with Gasteiger partial charge in [-0.15, -0.1) is 0 Å². The molecule has 0 radical (unpaired) electrons. The molecule has 0 aliphatic carbocycles. The van der Waals surface area contributed by atoms with Gasteiger partial charge in [0.2, 0.25) is 0 Å². The van der Waals surface area contributed by atoms with Crippen molar-refractivity contribution in [2.45, 2.75) is 65.3 Å². The third-order valence-corrected chi connectivity index (χ3v) is 5.04. The second kappa shape index (κ2) is 7.79. The van der Waals surface area contributed by atoms with Crippen LogP contribution in [-0.2, 0) is 14.0 Å². The van der Waals surface area contributed by atoms with E-state index in [1.165, 1.54) is 39.0 Å². The lowest BCUT2D eigenvalue weighted by Gasteiger charge is -2.37. The van der Waals surface area contributed by atoms with Gasteiger partial charge in [0.1, 0.15) is 5.60 Å². The van der Waals surface area contributed by atoms with Gasteiger partial charge >= 0.3 is 13.2 Å². The van der Waals surface area contributed by atoms with Crippen LogP contribution >= 0.6 is 0 Å². The summed E-state index contributed by atoms with van der Waals surface area (Å²) in [6.45, 7) is -1.92. The molecule has 30 heavy (non-hydrogen) atoms. The predicted molar refractivity (Wildman–Crippen MR) is 117 cm³/mol. The molecule has 0 aromatic heterocycles. The molecule has 162 valence electrons. The first-order chi connectivity index (χ1) is 16.8. The maximum Gasteiger partial charge on any atom is 0.496 e. The molecule has 2 saturated heterocycles. The summed E-state index contributed by atoms with van der Waals surface area (Å²) in [5.74, 6) is 0. The molecule has 0 bridgehead atoms. The number of hydrogen-bond acceptors (Lipinski definition) is 6. The number of carbonyl (C=O) groups is 1. The first-order valence-electron chi connectivity index (χ1n) is 13.6. The summed E-state index contributed by atoms with van der Waals surface area (Å²) in [6.07, 6.45) is -1.56. The molecule has 1 aromatic rings. The van der Waals surface area contributed by atoms with E-state index in [2.05, 4.69) is 0 Å². The lowest BCUT2D eigenvalue weighted by atomic mass is 9.76. The fraction of sp³-hybridized carbons (Fsp3) is 0.636. The molecule has 1 amide bonds. The van der Waals surface area contributed by atoms with E-state index in [1.54, 1.807) is 27.7 Å². The van der Waals surface area contributed by atoms with Crippen molar-refractivity contribution in [1.82, 2.24) is 4.90 Å². The van der Waals surface area contributed by atoms with Gasteiger partial charge in [0, 0.05) is 37.1 Å². The molecule has 0 spiro atoms. The van der Waals surface area contributed by atoms with E-state index in [4.69, 9.17) is 25.0 Å². The molecule has 2 aliphatic heterocycles. The lowest BCUT2D eigenvalue weighted by molar-refractivity contribution is 0.00578. The van der Waals surface area contributed by atoms with E-state index in [0.717, 1.165) is 0 Å². The minimum absolute atomic E-state index is 0.0896. The zero-order valence-corrected chi connectivity index (χ0v) is 18.3. The molecule has 2 fully saturated rings. The number of rotatable bonds is 2. The third-order valence-electron chi connectivity index (χ3n) is 5.04. The van der Waals surface area contributed by atoms with E-state index < -0.39 is 56.0 Å². The minimum Gasteiger partial charge on any atom is -0.444 e. The Labute approximate surface area is 191 Å². The topological polar surface area (TPSA) is 75.0 Å².